The van der Waals surface area contributed by atoms with Crippen LogP contribution in [0.1, 0.15) is 22.0 Å². The van der Waals surface area contributed by atoms with Gasteiger partial charge in [-0.25, -0.2) is 9.50 Å². The maximum absolute atomic E-state index is 4.54. The highest BCUT2D eigenvalue weighted by Gasteiger charge is 2.07. The van der Waals surface area contributed by atoms with Gasteiger partial charge >= 0.3 is 0 Å². The van der Waals surface area contributed by atoms with E-state index in [1.165, 1.54) is 5.56 Å². The number of nitrogens with zero attached hydrogens (tertiary/aromatic N) is 5. The SMILES string of the molecule is C=CCn1cc(CNCc2cn3nc(C)sc3n2)c(C)n1. The summed E-state index contributed by atoms with van der Waals surface area (Å²) in [6, 6.07) is 0. The molecule has 3 rings (SSSR count). The van der Waals surface area contributed by atoms with E-state index in [0.717, 1.165) is 41.0 Å². The van der Waals surface area contributed by atoms with Crippen LogP contribution >= 0.6 is 11.3 Å². The molecule has 0 aromatic carbocycles. The van der Waals surface area contributed by atoms with Gasteiger partial charge in [0.15, 0.2) is 0 Å². The third-order valence-electron chi connectivity index (χ3n) is 3.18. The molecule has 0 aliphatic heterocycles. The molecule has 21 heavy (non-hydrogen) atoms. The highest BCUT2D eigenvalue weighted by atomic mass is 32.1. The van der Waals surface area contributed by atoms with Crippen molar-refractivity contribution in [2.24, 2.45) is 0 Å². The van der Waals surface area contributed by atoms with Crippen LogP contribution in [0.4, 0.5) is 0 Å². The summed E-state index contributed by atoms with van der Waals surface area (Å²) in [5, 5.41) is 13.2. The lowest BCUT2D eigenvalue weighted by atomic mass is 10.2. The number of hydrogen-bond acceptors (Lipinski definition) is 5. The lowest BCUT2D eigenvalue weighted by molar-refractivity contribution is 0.676. The van der Waals surface area contributed by atoms with E-state index in [-0.39, 0.29) is 0 Å². The maximum atomic E-state index is 4.54. The number of aryl methyl sites for hydroxylation is 2. The smallest absolute Gasteiger partial charge is 0.212 e. The lowest BCUT2D eigenvalue weighted by Crippen LogP contribution is -2.13. The van der Waals surface area contributed by atoms with Crippen LogP contribution < -0.4 is 5.32 Å². The molecule has 3 aromatic heterocycles. The van der Waals surface area contributed by atoms with Crippen LogP contribution in [0.15, 0.2) is 25.0 Å². The van der Waals surface area contributed by atoms with Crippen LogP contribution in [-0.4, -0.2) is 24.4 Å². The minimum Gasteiger partial charge on any atom is -0.307 e. The normalized spacial score (nSPS) is 11.3. The summed E-state index contributed by atoms with van der Waals surface area (Å²) < 4.78 is 3.74. The number of aromatic nitrogens is 5. The van der Waals surface area contributed by atoms with E-state index in [1.807, 2.05) is 35.3 Å². The Kier molecular flexibility index (Phi) is 3.85. The van der Waals surface area contributed by atoms with Crippen LogP contribution in [0.3, 0.4) is 0 Å². The second-order valence-electron chi connectivity index (χ2n) is 4.93. The monoisotopic (exact) mass is 302 g/mol. The zero-order valence-corrected chi connectivity index (χ0v) is 13.0. The molecular weight excluding hydrogens is 284 g/mol. The Balaban J connectivity index is 1.60. The topological polar surface area (TPSA) is 60.0 Å². The number of imidazole rings is 1. The minimum absolute atomic E-state index is 0.723. The van der Waals surface area contributed by atoms with Crippen molar-refractivity contribution in [1.82, 2.24) is 29.7 Å². The molecule has 0 fully saturated rings. The van der Waals surface area contributed by atoms with E-state index in [0.29, 0.717) is 0 Å². The molecule has 110 valence electrons. The summed E-state index contributed by atoms with van der Waals surface area (Å²) in [7, 11) is 0. The van der Waals surface area contributed by atoms with Gasteiger partial charge in [0, 0.05) is 24.8 Å². The first-order valence-electron chi connectivity index (χ1n) is 6.82. The Labute approximate surface area is 127 Å². The van der Waals surface area contributed by atoms with Gasteiger partial charge in [0.2, 0.25) is 4.96 Å². The summed E-state index contributed by atoms with van der Waals surface area (Å²) in [5.74, 6) is 0. The van der Waals surface area contributed by atoms with Crippen molar-refractivity contribution < 1.29 is 0 Å². The molecule has 0 spiro atoms. The Morgan fingerprint density at radius 3 is 2.90 bits per heavy atom. The Hall–Kier alpha value is -1.99. The van der Waals surface area contributed by atoms with Gasteiger partial charge < -0.3 is 5.32 Å². The standard InChI is InChI=1S/C14H18N6S/c1-4-5-19-8-12(10(2)17-19)6-15-7-13-9-20-14(16-13)21-11(3)18-20/h4,8-9,15H,1,5-7H2,2-3H3. The van der Waals surface area contributed by atoms with Gasteiger partial charge in [0.25, 0.3) is 0 Å². The van der Waals surface area contributed by atoms with Gasteiger partial charge in [-0.3, -0.25) is 4.68 Å². The molecule has 3 heterocycles. The fraction of sp³-hybridized carbons (Fsp3) is 0.357. The minimum atomic E-state index is 0.723. The number of nitrogens with one attached hydrogen (secondary N) is 1. The van der Waals surface area contributed by atoms with E-state index in [4.69, 9.17) is 0 Å². The van der Waals surface area contributed by atoms with Crippen molar-refractivity contribution in [1.29, 1.82) is 0 Å². The van der Waals surface area contributed by atoms with Gasteiger partial charge in [-0.05, 0) is 13.8 Å². The average Bonchev–Trinajstić information content (AvgIpc) is 3.04. The van der Waals surface area contributed by atoms with Crippen molar-refractivity contribution in [3.05, 3.63) is 47.0 Å². The number of hydrogen-bond donors (Lipinski definition) is 1. The highest BCUT2D eigenvalue weighted by Crippen LogP contribution is 2.13. The molecule has 7 heteroatoms. The van der Waals surface area contributed by atoms with Gasteiger partial charge in [-0.1, -0.05) is 17.4 Å². The molecule has 0 aliphatic rings. The quantitative estimate of drug-likeness (QED) is 0.708. The molecule has 0 atom stereocenters. The molecule has 0 amide bonds. The maximum Gasteiger partial charge on any atom is 0.212 e. The molecule has 0 saturated carbocycles. The summed E-state index contributed by atoms with van der Waals surface area (Å²) in [6.45, 7) is 9.98. The molecule has 3 aromatic rings. The van der Waals surface area contributed by atoms with E-state index >= 15 is 0 Å². The number of rotatable bonds is 6. The summed E-state index contributed by atoms with van der Waals surface area (Å²) >= 11 is 1.60. The van der Waals surface area contributed by atoms with Gasteiger partial charge in [0.05, 0.1) is 24.1 Å². The zero-order valence-electron chi connectivity index (χ0n) is 12.2. The van der Waals surface area contributed by atoms with Crippen molar-refractivity contribution in [3.8, 4) is 0 Å². The zero-order chi connectivity index (χ0) is 14.8. The molecule has 0 unspecified atom stereocenters. The summed E-state index contributed by atoms with van der Waals surface area (Å²) in [6.07, 6.45) is 5.87. The van der Waals surface area contributed by atoms with Crippen molar-refractivity contribution in [2.45, 2.75) is 33.5 Å². The lowest BCUT2D eigenvalue weighted by Gasteiger charge is -2.00. The highest BCUT2D eigenvalue weighted by molar-refractivity contribution is 7.16. The molecular formula is C14H18N6S. The van der Waals surface area contributed by atoms with Gasteiger partial charge in [0.1, 0.15) is 5.01 Å². The van der Waals surface area contributed by atoms with Crippen LogP contribution in [0.5, 0.6) is 0 Å². The van der Waals surface area contributed by atoms with Gasteiger partial charge in [-0.15, -0.1) is 6.58 Å². The van der Waals surface area contributed by atoms with Crippen LogP contribution in [0.2, 0.25) is 0 Å². The van der Waals surface area contributed by atoms with Crippen LogP contribution in [-0.2, 0) is 19.6 Å². The molecule has 0 bridgehead atoms. The van der Waals surface area contributed by atoms with Gasteiger partial charge in [-0.2, -0.15) is 10.2 Å². The van der Waals surface area contributed by atoms with E-state index in [9.17, 15) is 0 Å². The van der Waals surface area contributed by atoms with E-state index in [2.05, 4.69) is 33.3 Å². The predicted octanol–water partition coefficient (Wildman–Crippen LogP) is 2.08. The average molecular weight is 302 g/mol. The fourth-order valence-electron chi connectivity index (χ4n) is 2.21. The fourth-order valence-corrected chi connectivity index (χ4v) is 2.96. The first-order chi connectivity index (χ1) is 10.2. The Morgan fingerprint density at radius 2 is 2.14 bits per heavy atom. The van der Waals surface area contributed by atoms with Crippen LogP contribution in [0, 0.1) is 13.8 Å². The predicted molar refractivity (Wildman–Crippen MR) is 83.3 cm³/mol. The molecule has 0 saturated heterocycles. The van der Waals surface area contributed by atoms with Crippen molar-refractivity contribution >= 4 is 16.3 Å². The largest absolute Gasteiger partial charge is 0.307 e. The number of allylic oxidation sites excluding steroid dienone is 1. The number of fused-ring (bicyclic) bond motifs is 1. The Bertz CT molecular complexity index is 734. The first-order valence-corrected chi connectivity index (χ1v) is 7.63. The second-order valence-corrected chi connectivity index (χ2v) is 6.09. The summed E-state index contributed by atoms with van der Waals surface area (Å²) in [5.41, 5.74) is 3.25. The van der Waals surface area contributed by atoms with Crippen LogP contribution in [0.25, 0.3) is 4.96 Å². The summed E-state index contributed by atoms with van der Waals surface area (Å²) in [4.78, 5) is 5.49. The van der Waals surface area contributed by atoms with Crippen molar-refractivity contribution in [3.63, 3.8) is 0 Å². The second kappa shape index (κ2) is 5.79. The van der Waals surface area contributed by atoms with E-state index < -0.39 is 0 Å². The van der Waals surface area contributed by atoms with Crippen molar-refractivity contribution in [2.75, 3.05) is 0 Å². The molecule has 0 aliphatic carbocycles. The molecule has 1 N–H and O–H groups in total. The molecule has 0 radical (unpaired) electrons. The Morgan fingerprint density at radius 1 is 1.29 bits per heavy atom. The third kappa shape index (κ3) is 3.03. The molecule has 6 nitrogen and oxygen atoms in total. The first kappa shape index (κ1) is 14.0. The van der Waals surface area contributed by atoms with E-state index in [1.54, 1.807) is 11.3 Å². The third-order valence-corrected chi connectivity index (χ3v) is 4.02.